The van der Waals surface area contributed by atoms with Gasteiger partial charge >= 0.3 is 0 Å². The van der Waals surface area contributed by atoms with Crippen molar-refractivity contribution in [3.8, 4) is 16.3 Å². The second-order valence-electron chi connectivity index (χ2n) is 8.69. The van der Waals surface area contributed by atoms with Crippen molar-refractivity contribution in [3.05, 3.63) is 62.6 Å². The maximum absolute atomic E-state index is 13.3. The average molecular weight is 549 g/mol. The Bertz CT molecular complexity index is 1650. The van der Waals surface area contributed by atoms with Gasteiger partial charge in [0, 0.05) is 18.2 Å². The van der Waals surface area contributed by atoms with Gasteiger partial charge in [-0.25, -0.2) is 13.1 Å². The van der Waals surface area contributed by atoms with Crippen molar-refractivity contribution in [3.63, 3.8) is 0 Å². The quantitative estimate of drug-likeness (QED) is 0.457. The highest BCUT2D eigenvalue weighted by Gasteiger charge is 2.31. The van der Waals surface area contributed by atoms with Crippen LogP contribution in [0.3, 0.4) is 0 Å². The van der Waals surface area contributed by atoms with Crippen LogP contribution in [0, 0.1) is 5.92 Å². The molecule has 0 spiro atoms. The van der Waals surface area contributed by atoms with E-state index in [1.807, 2.05) is 13.8 Å². The highest BCUT2D eigenvalue weighted by molar-refractivity contribution is 7.93. The van der Waals surface area contributed by atoms with Gasteiger partial charge in [-0.2, -0.15) is 13.5 Å². The Balaban J connectivity index is 1.85. The van der Waals surface area contributed by atoms with Crippen LogP contribution >= 0.6 is 11.3 Å². The van der Waals surface area contributed by atoms with Crippen molar-refractivity contribution < 1.29 is 21.9 Å². The molecule has 3 aromatic rings. The number of nitrogens with one attached hydrogen (secondary N) is 1. The number of fused-ring (bicyclic) bond motifs is 1. The van der Waals surface area contributed by atoms with Crippen LogP contribution in [0.1, 0.15) is 31.4 Å². The number of benzene rings is 1. The minimum atomic E-state index is -4.29. The number of hydrogen-bond acceptors (Lipinski definition) is 9. The van der Waals surface area contributed by atoms with Crippen LogP contribution in [0.5, 0.6) is 5.75 Å². The molecule has 1 aliphatic rings. The van der Waals surface area contributed by atoms with Gasteiger partial charge in [0.25, 0.3) is 15.6 Å². The molecule has 2 aromatic heterocycles. The molecule has 0 saturated carbocycles. The van der Waals surface area contributed by atoms with Crippen LogP contribution in [0.15, 0.2) is 55.2 Å². The van der Waals surface area contributed by atoms with Crippen LogP contribution in [-0.4, -0.2) is 43.8 Å². The zero-order valence-corrected chi connectivity index (χ0v) is 22.1. The van der Waals surface area contributed by atoms with Crippen LogP contribution in [0.25, 0.3) is 16.6 Å². The summed E-state index contributed by atoms with van der Waals surface area (Å²) in [6.07, 6.45) is 2.95. The Kier molecular flexibility index (Phi) is 6.90. The Morgan fingerprint density at radius 2 is 2.00 bits per heavy atom. The summed E-state index contributed by atoms with van der Waals surface area (Å²) in [5.41, 5.74) is -0.347. The molecular weight excluding hydrogens is 524 g/mol. The van der Waals surface area contributed by atoms with E-state index in [4.69, 9.17) is 0 Å². The second kappa shape index (κ2) is 9.64. The molecule has 0 fully saturated rings. The van der Waals surface area contributed by atoms with E-state index in [1.165, 1.54) is 40.3 Å². The van der Waals surface area contributed by atoms with Gasteiger partial charge in [0.1, 0.15) is 16.2 Å². The Morgan fingerprint density at radius 1 is 1.25 bits per heavy atom. The first-order valence-electron chi connectivity index (χ1n) is 10.9. The Morgan fingerprint density at radius 3 is 2.64 bits per heavy atom. The number of amidine groups is 1. The molecule has 13 heteroatoms. The molecular formula is C23H24N4O6S3. The number of sulfone groups is 1. The van der Waals surface area contributed by atoms with Crippen molar-refractivity contribution in [2.24, 2.45) is 10.3 Å². The molecule has 4 rings (SSSR count). The monoisotopic (exact) mass is 548 g/mol. The van der Waals surface area contributed by atoms with Gasteiger partial charge in [0.15, 0.2) is 21.4 Å². The Hall–Kier alpha value is -3.29. The third kappa shape index (κ3) is 5.42. The van der Waals surface area contributed by atoms with Crippen LogP contribution < -0.4 is 10.9 Å². The SMILES string of the molecule is CC(C)CCn1nc(-c2cccs2)c(O)c(C2=NS(=O)(=O)c3cc(C=CS(C)(=O)=O)ccc3N2)c1=O. The minimum Gasteiger partial charge on any atom is -0.505 e. The normalized spacial score (nSPS) is 15.1. The molecule has 2 N–H and O–H groups in total. The molecule has 10 nitrogen and oxygen atoms in total. The highest BCUT2D eigenvalue weighted by atomic mass is 32.2. The number of aromatic hydroxyl groups is 1. The summed E-state index contributed by atoms with van der Waals surface area (Å²) in [6.45, 7) is 4.28. The number of anilines is 1. The number of thiophene rings is 1. The summed E-state index contributed by atoms with van der Waals surface area (Å²) < 4.78 is 54.0. The molecule has 0 saturated heterocycles. The van der Waals surface area contributed by atoms with Crippen LogP contribution in [-0.2, 0) is 26.4 Å². The number of rotatable bonds is 7. The smallest absolute Gasteiger partial charge is 0.286 e. The van der Waals surface area contributed by atoms with Crippen LogP contribution in [0.2, 0.25) is 0 Å². The fourth-order valence-corrected chi connectivity index (χ4v) is 5.75. The first-order valence-corrected chi connectivity index (χ1v) is 15.2. The lowest BCUT2D eigenvalue weighted by atomic mass is 10.1. The van der Waals surface area contributed by atoms with Crippen molar-refractivity contribution in [2.75, 3.05) is 11.6 Å². The van der Waals surface area contributed by atoms with E-state index in [9.17, 15) is 26.7 Å². The van der Waals surface area contributed by atoms with Crippen molar-refractivity contribution in [2.45, 2.75) is 31.7 Å². The van der Waals surface area contributed by atoms with E-state index in [1.54, 1.807) is 17.5 Å². The van der Waals surface area contributed by atoms with Gasteiger partial charge in [-0.05, 0) is 47.6 Å². The zero-order chi connectivity index (χ0) is 26.3. The molecule has 0 atom stereocenters. The Labute approximate surface area is 212 Å². The van der Waals surface area contributed by atoms with E-state index >= 15 is 0 Å². The van der Waals surface area contributed by atoms with Crippen LogP contribution in [0.4, 0.5) is 5.69 Å². The molecule has 0 amide bonds. The molecule has 1 aromatic carbocycles. The standard InChI is InChI=1S/C23H24N4O6S3/c1-14(2)8-10-27-23(29)19(21(28)20(25-27)17-5-4-11-34-17)22-24-16-7-6-15(9-12-35(3,30)31)13-18(16)36(32,33)26-22/h4-7,9,11-14,28H,8,10H2,1-3H3,(H,24,26). The van der Waals surface area contributed by atoms with E-state index in [0.29, 0.717) is 16.9 Å². The molecule has 0 radical (unpaired) electrons. The largest absolute Gasteiger partial charge is 0.505 e. The maximum atomic E-state index is 13.3. The first kappa shape index (κ1) is 25.8. The second-order valence-corrected chi connectivity index (χ2v) is 13.1. The summed E-state index contributed by atoms with van der Waals surface area (Å²) >= 11 is 1.32. The van der Waals surface area contributed by atoms with Gasteiger partial charge in [0.2, 0.25) is 0 Å². The molecule has 1 aliphatic heterocycles. The first-order chi connectivity index (χ1) is 16.9. The third-order valence-electron chi connectivity index (χ3n) is 5.30. The lowest BCUT2D eigenvalue weighted by Gasteiger charge is -2.20. The molecule has 190 valence electrons. The molecule has 0 aliphatic carbocycles. The highest BCUT2D eigenvalue weighted by Crippen LogP contribution is 2.35. The van der Waals surface area contributed by atoms with Gasteiger partial charge in [-0.3, -0.25) is 4.79 Å². The third-order valence-corrected chi connectivity index (χ3v) is 8.12. The summed E-state index contributed by atoms with van der Waals surface area (Å²) in [5.74, 6) is -0.506. The minimum absolute atomic E-state index is 0.138. The number of aryl methyl sites for hydroxylation is 1. The molecule has 3 heterocycles. The average Bonchev–Trinajstić information content (AvgIpc) is 3.31. The maximum Gasteiger partial charge on any atom is 0.286 e. The fourth-order valence-electron chi connectivity index (χ4n) is 3.48. The van der Waals surface area contributed by atoms with Gasteiger partial charge < -0.3 is 10.4 Å². The molecule has 0 unspecified atom stereocenters. The number of sulfonamides is 1. The van der Waals surface area contributed by atoms with Crippen molar-refractivity contribution in [1.82, 2.24) is 9.78 Å². The van der Waals surface area contributed by atoms with Gasteiger partial charge in [-0.15, -0.1) is 15.7 Å². The van der Waals surface area contributed by atoms with E-state index in [-0.39, 0.29) is 40.1 Å². The topological polar surface area (TPSA) is 148 Å². The number of aromatic nitrogens is 2. The number of nitrogens with zero attached hydrogens (tertiary/aromatic N) is 3. The predicted octanol–water partition coefficient (Wildman–Crippen LogP) is 3.30. The molecule has 36 heavy (non-hydrogen) atoms. The van der Waals surface area contributed by atoms with Crippen molar-refractivity contribution in [1.29, 1.82) is 0 Å². The zero-order valence-electron chi connectivity index (χ0n) is 19.7. The van der Waals surface area contributed by atoms with E-state index < -0.39 is 31.2 Å². The summed E-state index contributed by atoms with van der Waals surface area (Å²) in [7, 11) is -7.70. The van der Waals surface area contributed by atoms with Gasteiger partial charge in [-0.1, -0.05) is 26.0 Å². The lowest BCUT2D eigenvalue weighted by Crippen LogP contribution is -2.34. The van der Waals surface area contributed by atoms with Gasteiger partial charge in [0.05, 0.1) is 10.6 Å². The summed E-state index contributed by atoms with van der Waals surface area (Å²) in [5, 5.41) is 21.0. The summed E-state index contributed by atoms with van der Waals surface area (Å²) in [6, 6.07) is 7.76. The summed E-state index contributed by atoms with van der Waals surface area (Å²) in [4.78, 5) is 13.8. The van der Waals surface area contributed by atoms with E-state index in [2.05, 4.69) is 14.8 Å². The number of hydrogen-bond donors (Lipinski definition) is 2. The molecule has 0 bridgehead atoms. The fraction of sp³-hybridized carbons (Fsp3) is 0.261. The lowest BCUT2D eigenvalue weighted by molar-refractivity contribution is 0.444. The predicted molar refractivity (Wildman–Crippen MR) is 141 cm³/mol. The van der Waals surface area contributed by atoms with E-state index in [0.717, 1.165) is 11.7 Å². The van der Waals surface area contributed by atoms with Crippen molar-refractivity contribution >= 4 is 48.8 Å².